The first-order chi connectivity index (χ1) is 16.6. The Labute approximate surface area is 197 Å². The maximum atomic E-state index is 12.9. The Balaban J connectivity index is 1.33. The molecule has 6 nitrogen and oxygen atoms in total. The summed E-state index contributed by atoms with van der Waals surface area (Å²) < 4.78 is 18.7. The molecule has 1 aliphatic heterocycles. The molecule has 1 aliphatic rings. The first-order valence-electron chi connectivity index (χ1n) is 11.0. The maximum Gasteiger partial charge on any atom is 0.337 e. The molecule has 1 aromatic heterocycles. The Morgan fingerprint density at radius 3 is 2.62 bits per heavy atom. The Morgan fingerprint density at radius 2 is 1.85 bits per heavy atom. The van der Waals surface area contributed by atoms with Gasteiger partial charge in [0.1, 0.15) is 18.1 Å². The Hall–Kier alpha value is -4.32. The van der Waals surface area contributed by atoms with Crippen molar-refractivity contribution in [3.63, 3.8) is 0 Å². The number of carbonyl (C=O) groups is 2. The van der Waals surface area contributed by atoms with E-state index in [0.717, 1.165) is 28.6 Å². The fraction of sp³-hybridized carbons (Fsp3) is 0.143. The first kappa shape index (κ1) is 21.5. The molecule has 0 atom stereocenters. The molecule has 4 aromatic rings. The predicted octanol–water partition coefficient (Wildman–Crippen LogP) is 5.64. The van der Waals surface area contributed by atoms with Gasteiger partial charge >= 0.3 is 5.97 Å². The quantitative estimate of drug-likeness (QED) is 0.279. The number of aryl methyl sites for hydroxylation is 1. The third-order valence-corrected chi connectivity index (χ3v) is 5.87. The second-order valence-electron chi connectivity index (χ2n) is 7.96. The summed E-state index contributed by atoms with van der Waals surface area (Å²) >= 11 is 0. The number of nitrogens with zero attached hydrogens (tertiary/aromatic N) is 1. The molecule has 0 unspecified atom stereocenters. The van der Waals surface area contributed by atoms with Gasteiger partial charge in [-0.15, -0.1) is 0 Å². The van der Waals surface area contributed by atoms with Crippen LogP contribution in [0.3, 0.4) is 0 Å². The predicted molar refractivity (Wildman–Crippen MR) is 129 cm³/mol. The highest BCUT2D eigenvalue weighted by Gasteiger charge is 2.28. The van der Waals surface area contributed by atoms with Crippen LogP contribution in [0.1, 0.15) is 38.8 Å². The van der Waals surface area contributed by atoms with E-state index in [1.807, 2.05) is 36.5 Å². The molecule has 170 valence electrons. The summed E-state index contributed by atoms with van der Waals surface area (Å²) in [6.07, 6.45) is 3.84. The summed E-state index contributed by atoms with van der Waals surface area (Å²) in [5.41, 5.74) is 3.96. The lowest BCUT2D eigenvalue weighted by Crippen LogP contribution is -2.02. The van der Waals surface area contributed by atoms with Crippen LogP contribution in [-0.2, 0) is 17.9 Å². The van der Waals surface area contributed by atoms with Crippen molar-refractivity contribution in [3.8, 4) is 11.5 Å². The van der Waals surface area contributed by atoms with Gasteiger partial charge in [-0.2, -0.15) is 0 Å². The second kappa shape index (κ2) is 8.90. The largest absolute Gasteiger partial charge is 0.489 e. The molecular weight excluding hydrogens is 430 g/mol. The van der Waals surface area contributed by atoms with E-state index in [1.54, 1.807) is 36.4 Å². The number of ether oxygens (including phenoxy) is 3. The van der Waals surface area contributed by atoms with Crippen molar-refractivity contribution in [2.24, 2.45) is 0 Å². The van der Waals surface area contributed by atoms with Crippen molar-refractivity contribution >= 4 is 28.7 Å². The molecule has 3 aromatic carbocycles. The molecule has 0 saturated heterocycles. The fourth-order valence-corrected chi connectivity index (χ4v) is 4.07. The van der Waals surface area contributed by atoms with E-state index in [2.05, 4.69) is 17.6 Å². The monoisotopic (exact) mass is 453 g/mol. The number of benzene rings is 3. The molecule has 0 radical (unpaired) electrons. The molecule has 34 heavy (non-hydrogen) atoms. The molecule has 0 saturated carbocycles. The van der Waals surface area contributed by atoms with Gasteiger partial charge in [0, 0.05) is 35.3 Å². The number of Topliss-reactive ketones (excluding diaryl/α,β-unsaturated/α-hetero) is 1. The van der Waals surface area contributed by atoms with Crippen molar-refractivity contribution < 1.29 is 23.8 Å². The number of methoxy groups -OCH3 is 1. The van der Waals surface area contributed by atoms with Crippen molar-refractivity contribution in [3.05, 3.63) is 101 Å². The van der Waals surface area contributed by atoms with Crippen molar-refractivity contribution in [2.45, 2.75) is 20.1 Å². The zero-order valence-electron chi connectivity index (χ0n) is 18.9. The Morgan fingerprint density at radius 1 is 1.06 bits per heavy atom. The van der Waals surface area contributed by atoms with E-state index in [4.69, 9.17) is 14.2 Å². The minimum absolute atomic E-state index is 0.145. The second-order valence-corrected chi connectivity index (χ2v) is 7.96. The third-order valence-electron chi connectivity index (χ3n) is 5.87. The van der Waals surface area contributed by atoms with Gasteiger partial charge in [-0.3, -0.25) is 4.79 Å². The Bertz CT molecular complexity index is 1430. The van der Waals surface area contributed by atoms with Crippen LogP contribution in [0.5, 0.6) is 11.5 Å². The number of carbonyl (C=O) groups excluding carboxylic acids is 2. The number of esters is 1. The smallest absolute Gasteiger partial charge is 0.337 e. The number of hydrogen-bond acceptors (Lipinski definition) is 5. The topological polar surface area (TPSA) is 66.8 Å². The number of rotatable bonds is 6. The average molecular weight is 453 g/mol. The lowest BCUT2D eigenvalue weighted by molar-refractivity contribution is 0.0600. The summed E-state index contributed by atoms with van der Waals surface area (Å²) in [6.45, 7) is 3.24. The van der Waals surface area contributed by atoms with Crippen LogP contribution < -0.4 is 9.47 Å². The molecule has 0 N–H and O–H groups in total. The number of allylic oxidation sites excluding steroid dienone is 1. The minimum Gasteiger partial charge on any atom is -0.489 e. The van der Waals surface area contributed by atoms with Gasteiger partial charge < -0.3 is 18.8 Å². The normalized spacial score (nSPS) is 13.7. The van der Waals surface area contributed by atoms with Gasteiger partial charge in [-0.1, -0.05) is 30.3 Å². The van der Waals surface area contributed by atoms with Gasteiger partial charge in [0.25, 0.3) is 0 Å². The summed E-state index contributed by atoms with van der Waals surface area (Å²) in [5, 5.41) is 1.08. The van der Waals surface area contributed by atoms with E-state index in [0.29, 0.717) is 35.0 Å². The molecule has 0 spiro atoms. The number of para-hydroxylation sites is 1. The molecule has 0 amide bonds. The molecule has 0 aliphatic carbocycles. The summed E-state index contributed by atoms with van der Waals surface area (Å²) in [6, 6.07) is 20.3. The number of ketones is 1. The minimum atomic E-state index is -0.379. The highest BCUT2D eigenvalue weighted by Crippen LogP contribution is 2.36. The van der Waals surface area contributed by atoms with Gasteiger partial charge in [-0.05, 0) is 48.9 Å². The zero-order valence-corrected chi connectivity index (χ0v) is 18.9. The standard InChI is InChI=1S/C28H23NO5/c1-3-29-16-20(22-6-4-5-7-24(22)29)14-26-27(30)23-13-12-21(15-25(23)34-26)33-17-18-8-10-19(11-9-18)28(31)32-2/h4-16H,3,17H2,1-2H3/b26-14-. The van der Waals surface area contributed by atoms with Crippen molar-refractivity contribution in [2.75, 3.05) is 7.11 Å². The van der Waals surface area contributed by atoms with E-state index >= 15 is 0 Å². The van der Waals surface area contributed by atoms with E-state index < -0.39 is 0 Å². The number of hydrogen-bond donors (Lipinski definition) is 0. The summed E-state index contributed by atoms with van der Waals surface area (Å²) in [7, 11) is 1.35. The van der Waals surface area contributed by atoms with Crippen LogP contribution in [0, 0.1) is 0 Å². The summed E-state index contributed by atoms with van der Waals surface area (Å²) in [4.78, 5) is 24.5. The SMILES string of the molecule is CCn1cc(/C=C2\Oc3cc(OCc4ccc(C(=O)OC)cc4)ccc3C2=O)c2ccccc21. The molecule has 2 heterocycles. The average Bonchev–Trinajstić information content (AvgIpc) is 3.39. The summed E-state index contributed by atoms with van der Waals surface area (Å²) in [5.74, 6) is 0.843. The van der Waals surface area contributed by atoms with Crippen LogP contribution >= 0.6 is 0 Å². The highest BCUT2D eigenvalue weighted by molar-refractivity contribution is 6.15. The van der Waals surface area contributed by atoms with Gasteiger partial charge in [0.2, 0.25) is 5.78 Å². The van der Waals surface area contributed by atoms with Crippen LogP contribution in [-0.4, -0.2) is 23.4 Å². The zero-order chi connectivity index (χ0) is 23.7. The molecule has 0 bridgehead atoms. The van der Waals surface area contributed by atoms with E-state index in [-0.39, 0.29) is 11.8 Å². The molecule has 0 fully saturated rings. The van der Waals surface area contributed by atoms with Crippen LogP contribution in [0.2, 0.25) is 0 Å². The van der Waals surface area contributed by atoms with Gasteiger partial charge in [-0.25, -0.2) is 4.79 Å². The van der Waals surface area contributed by atoms with Gasteiger partial charge in [0.15, 0.2) is 5.76 Å². The highest BCUT2D eigenvalue weighted by atomic mass is 16.5. The first-order valence-corrected chi connectivity index (χ1v) is 11.0. The van der Waals surface area contributed by atoms with Gasteiger partial charge in [0.05, 0.1) is 18.2 Å². The number of aromatic nitrogens is 1. The van der Waals surface area contributed by atoms with E-state index in [1.165, 1.54) is 7.11 Å². The maximum absolute atomic E-state index is 12.9. The molecular formula is C28H23NO5. The number of fused-ring (bicyclic) bond motifs is 2. The molecule has 5 rings (SSSR count). The lowest BCUT2D eigenvalue weighted by atomic mass is 10.1. The molecule has 6 heteroatoms. The Kier molecular flexibility index (Phi) is 5.64. The van der Waals surface area contributed by atoms with Crippen LogP contribution in [0.25, 0.3) is 17.0 Å². The van der Waals surface area contributed by atoms with E-state index in [9.17, 15) is 9.59 Å². The van der Waals surface area contributed by atoms with Crippen LogP contribution in [0.15, 0.2) is 78.7 Å². The third kappa shape index (κ3) is 3.94. The van der Waals surface area contributed by atoms with Crippen molar-refractivity contribution in [1.82, 2.24) is 4.57 Å². The van der Waals surface area contributed by atoms with Crippen molar-refractivity contribution in [1.29, 1.82) is 0 Å². The lowest BCUT2D eigenvalue weighted by Gasteiger charge is -2.08. The van der Waals surface area contributed by atoms with Crippen LogP contribution in [0.4, 0.5) is 0 Å². The fourth-order valence-electron chi connectivity index (χ4n) is 4.07.